The molecule has 0 aromatic rings. The highest BCUT2D eigenvalue weighted by molar-refractivity contribution is 5.91. The number of alkyl halides is 8. The molecule has 0 aromatic carbocycles. The molecule has 0 bridgehead atoms. The number of carboxylic acid groups (broad SMARTS) is 1. The Bertz CT molecular complexity index is 387. The zero-order valence-electron chi connectivity index (χ0n) is 8.79. The van der Waals surface area contributed by atoms with Crippen LogP contribution in [0.2, 0.25) is 0 Å². The molecule has 0 aliphatic carbocycles. The van der Waals surface area contributed by atoms with Crippen LogP contribution < -0.4 is 5.32 Å². The molecule has 19 heavy (non-hydrogen) atoms. The van der Waals surface area contributed by atoms with E-state index in [-0.39, 0.29) is 12.2 Å². The van der Waals surface area contributed by atoms with Gasteiger partial charge in [-0.05, 0) is 6.92 Å². The summed E-state index contributed by atoms with van der Waals surface area (Å²) in [6.45, 7) is -0.264. The third-order valence-corrected chi connectivity index (χ3v) is 2.00. The molecule has 0 aromatic heterocycles. The van der Waals surface area contributed by atoms with Crippen LogP contribution in [0.15, 0.2) is 0 Å². The minimum Gasteiger partial charge on any atom is -0.479 e. The van der Waals surface area contributed by atoms with Gasteiger partial charge >= 0.3 is 30.2 Å². The van der Waals surface area contributed by atoms with Crippen LogP contribution in [-0.2, 0) is 9.59 Å². The van der Waals surface area contributed by atoms with Gasteiger partial charge in [0.2, 0.25) is 5.54 Å². The van der Waals surface area contributed by atoms with E-state index in [0.29, 0.717) is 0 Å². The van der Waals surface area contributed by atoms with Crippen molar-refractivity contribution < 1.29 is 49.8 Å². The summed E-state index contributed by atoms with van der Waals surface area (Å²) in [7, 11) is 0. The third kappa shape index (κ3) is 3.04. The maximum absolute atomic E-state index is 12.4. The van der Waals surface area contributed by atoms with E-state index >= 15 is 0 Å². The Kier molecular flexibility index (Phi) is 4.11. The van der Waals surface area contributed by atoms with Gasteiger partial charge in [-0.15, -0.1) is 0 Å². The number of amides is 1. The molecule has 1 amide bonds. The molecule has 0 spiro atoms. The molecule has 0 radical (unpaired) electrons. The van der Waals surface area contributed by atoms with Crippen molar-refractivity contribution in [2.24, 2.45) is 0 Å². The van der Waals surface area contributed by atoms with Crippen molar-refractivity contribution >= 4 is 11.9 Å². The van der Waals surface area contributed by atoms with Gasteiger partial charge in [-0.3, -0.25) is 4.79 Å². The molecule has 0 aliphatic rings. The van der Waals surface area contributed by atoms with Crippen molar-refractivity contribution in [1.82, 2.24) is 5.32 Å². The third-order valence-electron chi connectivity index (χ3n) is 2.00. The Morgan fingerprint density at radius 3 is 1.47 bits per heavy atom. The van der Waals surface area contributed by atoms with E-state index in [2.05, 4.69) is 0 Å². The zero-order valence-corrected chi connectivity index (χ0v) is 8.79. The Labute approximate surface area is 98.9 Å². The smallest absolute Gasteiger partial charge is 0.463 e. The van der Waals surface area contributed by atoms with Gasteiger partial charge in [-0.25, -0.2) is 4.79 Å². The molecular formula is C7H5F8NO3. The highest BCUT2D eigenvalue weighted by atomic mass is 19.4. The van der Waals surface area contributed by atoms with Crippen LogP contribution in [0.4, 0.5) is 35.1 Å². The minimum absolute atomic E-state index is 0.146. The molecule has 0 rings (SSSR count). The molecule has 0 saturated carbocycles. The summed E-state index contributed by atoms with van der Waals surface area (Å²) in [6, 6.07) is 0. The normalized spacial score (nSPS) is 16.7. The average Bonchev–Trinajstić information content (AvgIpc) is 2.13. The number of hydrogen-bond donors (Lipinski definition) is 2. The van der Waals surface area contributed by atoms with Crippen LogP contribution in [0.5, 0.6) is 0 Å². The van der Waals surface area contributed by atoms with Crippen molar-refractivity contribution in [3.05, 3.63) is 0 Å². The number of carbonyl (C=O) groups is 2. The fourth-order valence-corrected chi connectivity index (χ4v) is 0.680. The highest BCUT2D eigenvalue weighted by Crippen LogP contribution is 2.37. The first-order valence-electron chi connectivity index (χ1n) is 4.14. The van der Waals surface area contributed by atoms with Crippen molar-refractivity contribution in [3.8, 4) is 0 Å². The van der Waals surface area contributed by atoms with E-state index in [1.807, 2.05) is 0 Å². The minimum atomic E-state index is -6.46. The molecule has 0 fully saturated rings. The quantitative estimate of drug-likeness (QED) is 0.780. The van der Waals surface area contributed by atoms with Gasteiger partial charge in [0, 0.05) is 0 Å². The number of aliphatic carboxylic acids is 1. The lowest BCUT2D eigenvalue weighted by Gasteiger charge is -2.30. The number of carboxylic acids is 1. The van der Waals surface area contributed by atoms with E-state index in [0.717, 1.165) is 0 Å². The molecule has 1 atom stereocenters. The summed E-state index contributed by atoms with van der Waals surface area (Å²) in [6.07, 6.45) is -12.2. The van der Waals surface area contributed by atoms with Crippen LogP contribution in [-0.4, -0.2) is 40.8 Å². The van der Waals surface area contributed by atoms with E-state index in [1.165, 1.54) is 0 Å². The van der Waals surface area contributed by atoms with Crippen LogP contribution in [0, 0.1) is 0 Å². The Morgan fingerprint density at radius 1 is 0.895 bits per heavy atom. The second kappa shape index (κ2) is 4.49. The molecule has 112 valence electrons. The average molecular weight is 303 g/mol. The van der Waals surface area contributed by atoms with E-state index in [1.54, 1.807) is 0 Å². The van der Waals surface area contributed by atoms with Gasteiger partial charge in [-0.2, -0.15) is 35.1 Å². The molecule has 4 nitrogen and oxygen atoms in total. The first-order chi connectivity index (χ1) is 8.07. The van der Waals surface area contributed by atoms with Crippen molar-refractivity contribution in [2.75, 3.05) is 0 Å². The van der Waals surface area contributed by atoms with Crippen LogP contribution in [0.3, 0.4) is 0 Å². The van der Waals surface area contributed by atoms with Crippen molar-refractivity contribution in [3.63, 3.8) is 0 Å². The summed E-state index contributed by atoms with van der Waals surface area (Å²) < 4.78 is 96.8. The van der Waals surface area contributed by atoms with Crippen molar-refractivity contribution in [1.29, 1.82) is 0 Å². The molecular weight excluding hydrogens is 298 g/mol. The summed E-state index contributed by atoms with van der Waals surface area (Å²) in [5, 5.41) is 8.37. The fourth-order valence-electron chi connectivity index (χ4n) is 0.680. The molecule has 2 N–H and O–H groups in total. The van der Waals surface area contributed by atoms with Crippen LogP contribution in [0.25, 0.3) is 0 Å². The molecule has 0 heterocycles. The topological polar surface area (TPSA) is 66.4 Å². The molecule has 1 unspecified atom stereocenters. The first kappa shape index (κ1) is 17.4. The van der Waals surface area contributed by atoms with Gasteiger partial charge in [0.1, 0.15) is 0 Å². The highest BCUT2D eigenvalue weighted by Gasteiger charge is 2.67. The maximum Gasteiger partial charge on any atom is 0.463 e. The van der Waals surface area contributed by atoms with E-state index in [9.17, 15) is 44.7 Å². The number of hydrogen-bond acceptors (Lipinski definition) is 2. The summed E-state index contributed by atoms with van der Waals surface area (Å²) in [5.74, 6) is -12.4. The molecule has 0 saturated heterocycles. The summed E-state index contributed by atoms with van der Waals surface area (Å²) >= 11 is 0. The van der Waals surface area contributed by atoms with Gasteiger partial charge in [0.25, 0.3) is 0 Å². The van der Waals surface area contributed by atoms with Gasteiger partial charge in [0.05, 0.1) is 0 Å². The Balaban J connectivity index is 5.45. The second-order valence-corrected chi connectivity index (χ2v) is 3.45. The largest absolute Gasteiger partial charge is 0.479 e. The zero-order chi connectivity index (χ0) is 15.9. The maximum atomic E-state index is 12.4. The Morgan fingerprint density at radius 2 is 1.26 bits per heavy atom. The fraction of sp³-hybridized carbons (Fsp3) is 0.714. The SMILES string of the molecule is CC(NC(=O)C(F)(F)C(F)(F)F)(C(=O)O)C(F)(F)F. The monoisotopic (exact) mass is 303 g/mol. The lowest BCUT2D eigenvalue weighted by molar-refractivity contribution is -0.273. The number of carbonyl (C=O) groups excluding carboxylic acids is 1. The number of nitrogens with one attached hydrogen (secondary N) is 1. The Hall–Kier alpha value is -1.62. The van der Waals surface area contributed by atoms with Gasteiger partial charge < -0.3 is 10.4 Å². The second-order valence-electron chi connectivity index (χ2n) is 3.45. The first-order valence-corrected chi connectivity index (χ1v) is 4.14. The van der Waals surface area contributed by atoms with E-state index in [4.69, 9.17) is 5.11 Å². The van der Waals surface area contributed by atoms with Gasteiger partial charge in [-0.1, -0.05) is 0 Å². The number of halogens is 8. The van der Waals surface area contributed by atoms with Crippen LogP contribution >= 0.6 is 0 Å². The van der Waals surface area contributed by atoms with Crippen LogP contribution in [0.1, 0.15) is 6.92 Å². The predicted molar refractivity (Wildman–Crippen MR) is 41.2 cm³/mol. The van der Waals surface area contributed by atoms with E-state index < -0.39 is 35.7 Å². The predicted octanol–water partition coefficient (Wildman–Crippen LogP) is 1.71. The van der Waals surface area contributed by atoms with Crippen molar-refractivity contribution in [2.45, 2.75) is 30.7 Å². The lowest BCUT2D eigenvalue weighted by Crippen LogP contribution is -2.66. The van der Waals surface area contributed by atoms with Gasteiger partial charge in [0.15, 0.2) is 0 Å². The number of rotatable bonds is 3. The summed E-state index contributed by atoms with van der Waals surface area (Å²) in [4.78, 5) is 20.9. The summed E-state index contributed by atoms with van der Waals surface area (Å²) in [5.41, 5.74) is -4.28. The lowest BCUT2D eigenvalue weighted by atomic mass is 10.0. The standard InChI is InChI=1S/C7H5F8NO3/c1-4(3(18)19,6(10,11)12)16-2(17)5(8,9)7(13,14)15/h1H3,(H,16,17)(H,18,19). The molecule has 0 aliphatic heterocycles. The molecule has 12 heteroatoms.